The third kappa shape index (κ3) is 2.91. The van der Waals surface area contributed by atoms with Gasteiger partial charge in [0.05, 0.1) is 17.8 Å². The largest absolute Gasteiger partial charge is 0.398 e. The number of hydrogen-bond acceptors (Lipinski definition) is 4. The Hall–Kier alpha value is -3.15. The molecular formula is C17H16N4O2. The molecule has 1 amide bonds. The summed E-state index contributed by atoms with van der Waals surface area (Å²) >= 11 is 0. The van der Waals surface area contributed by atoms with Crippen LogP contribution < -0.4 is 11.1 Å². The van der Waals surface area contributed by atoms with E-state index < -0.39 is 0 Å². The molecule has 23 heavy (non-hydrogen) atoms. The highest BCUT2D eigenvalue weighted by Gasteiger charge is 2.13. The van der Waals surface area contributed by atoms with E-state index in [9.17, 15) is 9.59 Å². The molecular weight excluding hydrogens is 292 g/mol. The number of benzene rings is 1. The number of fused-ring (bicyclic) bond motifs is 1. The molecule has 116 valence electrons. The van der Waals surface area contributed by atoms with Crippen LogP contribution >= 0.6 is 0 Å². The molecule has 0 radical (unpaired) electrons. The summed E-state index contributed by atoms with van der Waals surface area (Å²) in [4.78, 5) is 27.9. The van der Waals surface area contributed by atoms with Crippen LogP contribution in [-0.4, -0.2) is 21.4 Å². The lowest BCUT2D eigenvalue weighted by Gasteiger charge is -2.07. The van der Waals surface area contributed by atoms with Crippen molar-refractivity contribution in [3.05, 3.63) is 60.0 Å². The molecule has 0 fully saturated rings. The van der Waals surface area contributed by atoms with Gasteiger partial charge in [0, 0.05) is 36.0 Å². The van der Waals surface area contributed by atoms with E-state index in [2.05, 4.69) is 10.3 Å². The maximum Gasteiger partial charge on any atom is 0.262 e. The molecule has 0 saturated carbocycles. The van der Waals surface area contributed by atoms with Gasteiger partial charge in [0.2, 0.25) is 5.91 Å². The number of pyridine rings is 1. The second-order valence-electron chi connectivity index (χ2n) is 5.22. The Morgan fingerprint density at radius 3 is 2.87 bits per heavy atom. The molecule has 1 aromatic carbocycles. The van der Waals surface area contributed by atoms with Gasteiger partial charge in [0.15, 0.2) is 0 Å². The number of nitrogens with one attached hydrogen (secondary N) is 1. The van der Waals surface area contributed by atoms with E-state index in [-0.39, 0.29) is 18.4 Å². The Morgan fingerprint density at radius 1 is 1.26 bits per heavy atom. The third-order valence-electron chi connectivity index (χ3n) is 3.57. The molecule has 3 aromatic rings. The first kappa shape index (κ1) is 14.8. The van der Waals surface area contributed by atoms with E-state index in [1.807, 2.05) is 18.2 Å². The van der Waals surface area contributed by atoms with Crippen LogP contribution in [0.1, 0.15) is 23.0 Å². The number of anilines is 1. The first-order valence-corrected chi connectivity index (χ1v) is 7.16. The molecule has 6 heteroatoms. The van der Waals surface area contributed by atoms with Crippen molar-refractivity contribution in [2.24, 2.45) is 0 Å². The normalized spacial score (nSPS) is 10.7. The Labute approximate surface area is 132 Å². The van der Waals surface area contributed by atoms with Gasteiger partial charge in [-0.1, -0.05) is 6.07 Å². The van der Waals surface area contributed by atoms with Crippen molar-refractivity contribution in [2.45, 2.75) is 13.5 Å². The Bertz CT molecular complexity index is 898. The fraction of sp³-hybridized carbons (Fsp3) is 0.118. The van der Waals surface area contributed by atoms with E-state index in [0.29, 0.717) is 16.9 Å². The maximum atomic E-state index is 12.7. The molecule has 2 aromatic heterocycles. The fourth-order valence-electron chi connectivity index (χ4n) is 2.43. The molecule has 0 aliphatic carbocycles. The molecule has 6 nitrogen and oxygen atoms in total. The van der Waals surface area contributed by atoms with Crippen molar-refractivity contribution in [3.63, 3.8) is 0 Å². The highest BCUT2D eigenvalue weighted by atomic mass is 16.2. The fourth-order valence-corrected chi connectivity index (χ4v) is 2.43. The summed E-state index contributed by atoms with van der Waals surface area (Å²) in [7, 11) is 0. The highest BCUT2D eigenvalue weighted by Crippen LogP contribution is 2.22. The minimum Gasteiger partial charge on any atom is -0.398 e. The van der Waals surface area contributed by atoms with Crippen LogP contribution in [0.5, 0.6) is 0 Å². The summed E-state index contributed by atoms with van der Waals surface area (Å²) in [5.74, 6) is -0.313. The van der Waals surface area contributed by atoms with E-state index >= 15 is 0 Å². The smallest absolute Gasteiger partial charge is 0.262 e. The summed E-state index contributed by atoms with van der Waals surface area (Å²) in [6.07, 6.45) is 3.27. The summed E-state index contributed by atoms with van der Waals surface area (Å²) < 4.78 is 1.56. The van der Waals surface area contributed by atoms with E-state index in [1.54, 1.807) is 35.2 Å². The molecule has 3 rings (SSSR count). The predicted octanol–water partition coefficient (Wildman–Crippen LogP) is 1.94. The summed E-state index contributed by atoms with van der Waals surface area (Å²) in [6.45, 7) is 1.72. The zero-order valence-corrected chi connectivity index (χ0v) is 12.6. The third-order valence-corrected chi connectivity index (χ3v) is 3.57. The molecule has 0 aliphatic heterocycles. The van der Waals surface area contributed by atoms with Crippen molar-refractivity contribution in [2.75, 3.05) is 5.73 Å². The molecule has 0 saturated heterocycles. The Balaban J connectivity index is 1.94. The SMILES string of the molecule is CC(=O)NCc1cc(C(=O)n2ccc3c(N)cccc32)ccn1. The van der Waals surface area contributed by atoms with Crippen molar-refractivity contribution < 1.29 is 9.59 Å². The number of amides is 1. The molecule has 2 heterocycles. The average molecular weight is 308 g/mol. The van der Waals surface area contributed by atoms with Gasteiger partial charge in [-0.2, -0.15) is 0 Å². The second kappa shape index (κ2) is 5.92. The maximum absolute atomic E-state index is 12.7. The molecule has 0 aliphatic rings. The van der Waals surface area contributed by atoms with Gasteiger partial charge in [-0.15, -0.1) is 0 Å². The van der Waals surface area contributed by atoms with Gasteiger partial charge in [-0.25, -0.2) is 0 Å². The van der Waals surface area contributed by atoms with E-state index in [0.717, 1.165) is 10.9 Å². The summed E-state index contributed by atoms with van der Waals surface area (Å²) in [5, 5.41) is 3.50. The first-order valence-electron chi connectivity index (χ1n) is 7.16. The van der Waals surface area contributed by atoms with Crippen LogP contribution in [0.15, 0.2) is 48.8 Å². The van der Waals surface area contributed by atoms with E-state index in [4.69, 9.17) is 5.73 Å². The topological polar surface area (TPSA) is 90.0 Å². The molecule has 0 spiro atoms. The van der Waals surface area contributed by atoms with Crippen molar-refractivity contribution in [1.29, 1.82) is 0 Å². The van der Waals surface area contributed by atoms with Crippen molar-refractivity contribution in [3.8, 4) is 0 Å². The molecule has 0 unspecified atom stereocenters. The first-order chi connectivity index (χ1) is 11.1. The summed E-state index contributed by atoms with van der Waals surface area (Å²) in [6, 6.07) is 10.6. The van der Waals surface area contributed by atoms with Crippen LogP contribution in [0.2, 0.25) is 0 Å². The number of carbonyl (C=O) groups excluding carboxylic acids is 2. The molecule has 3 N–H and O–H groups in total. The quantitative estimate of drug-likeness (QED) is 0.724. The average Bonchev–Trinajstić information content (AvgIpc) is 2.98. The Morgan fingerprint density at radius 2 is 2.09 bits per heavy atom. The lowest BCUT2D eigenvalue weighted by Crippen LogP contribution is -2.20. The second-order valence-corrected chi connectivity index (χ2v) is 5.22. The summed E-state index contributed by atoms with van der Waals surface area (Å²) in [5.41, 5.74) is 8.45. The number of aromatic nitrogens is 2. The lowest BCUT2D eigenvalue weighted by molar-refractivity contribution is -0.119. The predicted molar refractivity (Wildman–Crippen MR) is 87.8 cm³/mol. The van der Waals surface area contributed by atoms with Gasteiger partial charge >= 0.3 is 0 Å². The number of carbonyl (C=O) groups is 2. The van der Waals surface area contributed by atoms with Crippen molar-refractivity contribution >= 4 is 28.4 Å². The van der Waals surface area contributed by atoms with Crippen LogP contribution in [0.4, 0.5) is 5.69 Å². The van der Waals surface area contributed by atoms with Crippen LogP contribution in [0, 0.1) is 0 Å². The van der Waals surface area contributed by atoms with Crippen LogP contribution in [-0.2, 0) is 11.3 Å². The number of rotatable bonds is 3. The van der Waals surface area contributed by atoms with Gasteiger partial charge in [-0.3, -0.25) is 19.1 Å². The van der Waals surface area contributed by atoms with Gasteiger partial charge < -0.3 is 11.1 Å². The van der Waals surface area contributed by atoms with Crippen LogP contribution in [0.25, 0.3) is 10.9 Å². The number of nitrogens with zero attached hydrogens (tertiary/aromatic N) is 2. The zero-order chi connectivity index (χ0) is 16.4. The number of nitrogen functional groups attached to an aromatic ring is 1. The number of hydrogen-bond donors (Lipinski definition) is 2. The van der Waals surface area contributed by atoms with Gasteiger partial charge in [0.25, 0.3) is 5.91 Å². The molecule has 0 bridgehead atoms. The highest BCUT2D eigenvalue weighted by molar-refractivity contribution is 6.04. The van der Waals surface area contributed by atoms with Crippen LogP contribution in [0.3, 0.4) is 0 Å². The standard InChI is InChI=1S/C17H16N4O2/c1-11(22)20-10-13-9-12(5-7-19-13)17(23)21-8-6-14-15(18)3-2-4-16(14)21/h2-9H,10,18H2,1H3,(H,20,22). The monoisotopic (exact) mass is 308 g/mol. The van der Waals surface area contributed by atoms with Crippen molar-refractivity contribution in [1.82, 2.24) is 14.9 Å². The Kier molecular flexibility index (Phi) is 3.80. The minimum atomic E-state index is -0.169. The minimum absolute atomic E-state index is 0.143. The van der Waals surface area contributed by atoms with Gasteiger partial charge in [-0.05, 0) is 30.3 Å². The van der Waals surface area contributed by atoms with E-state index in [1.165, 1.54) is 6.92 Å². The van der Waals surface area contributed by atoms with Gasteiger partial charge in [0.1, 0.15) is 0 Å². The number of nitrogens with two attached hydrogens (primary N) is 1. The lowest BCUT2D eigenvalue weighted by atomic mass is 10.2. The zero-order valence-electron chi connectivity index (χ0n) is 12.6. The molecule has 0 atom stereocenters.